The Labute approximate surface area is 177 Å². The van der Waals surface area contributed by atoms with Crippen LogP contribution in [0.3, 0.4) is 0 Å². The van der Waals surface area contributed by atoms with Crippen LogP contribution < -0.4 is 5.32 Å². The van der Waals surface area contributed by atoms with Crippen molar-refractivity contribution in [1.29, 1.82) is 0 Å². The SMILES string of the molecule is O=C(CCC1CC(c2ccc(Nc3ccc(F)cc3)cc2)=NO1)c1ccc(Cl)s1. The number of carbonyl (C=O) groups is 1. The van der Waals surface area contributed by atoms with E-state index in [4.69, 9.17) is 16.4 Å². The number of hydrogen-bond donors (Lipinski definition) is 1. The van der Waals surface area contributed by atoms with E-state index in [0.29, 0.717) is 28.5 Å². The van der Waals surface area contributed by atoms with E-state index in [0.717, 1.165) is 22.6 Å². The first-order chi connectivity index (χ1) is 14.1. The van der Waals surface area contributed by atoms with E-state index >= 15 is 0 Å². The van der Waals surface area contributed by atoms with Gasteiger partial charge in [0.25, 0.3) is 0 Å². The first-order valence-corrected chi connectivity index (χ1v) is 10.4. The topological polar surface area (TPSA) is 50.7 Å². The second-order valence-corrected chi connectivity index (χ2v) is 8.46. The van der Waals surface area contributed by atoms with Gasteiger partial charge in [0.15, 0.2) is 5.78 Å². The highest BCUT2D eigenvalue weighted by Gasteiger charge is 2.23. The third kappa shape index (κ3) is 5.02. The quantitative estimate of drug-likeness (QED) is 0.440. The van der Waals surface area contributed by atoms with E-state index < -0.39 is 0 Å². The molecule has 0 spiro atoms. The maximum atomic E-state index is 13.0. The lowest BCUT2D eigenvalue weighted by molar-refractivity contribution is 0.0720. The van der Waals surface area contributed by atoms with Gasteiger partial charge in [-0.1, -0.05) is 28.9 Å². The third-order valence-electron chi connectivity index (χ3n) is 4.63. The molecule has 0 radical (unpaired) electrons. The monoisotopic (exact) mass is 428 g/mol. The lowest BCUT2D eigenvalue weighted by Gasteiger charge is -2.08. The van der Waals surface area contributed by atoms with Crippen LogP contribution in [0.15, 0.2) is 65.8 Å². The molecule has 29 heavy (non-hydrogen) atoms. The van der Waals surface area contributed by atoms with Gasteiger partial charge in [-0.2, -0.15) is 0 Å². The zero-order chi connectivity index (χ0) is 20.2. The number of hydrogen-bond acceptors (Lipinski definition) is 5. The predicted octanol–water partition coefficient (Wildman–Crippen LogP) is 6.44. The van der Waals surface area contributed by atoms with Crippen LogP contribution in [-0.4, -0.2) is 17.6 Å². The van der Waals surface area contributed by atoms with Crippen molar-refractivity contribution in [2.45, 2.75) is 25.4 Å². The second kappa shape index (κ2) is 8.76. The van der Waals surface area contributed by atoms with Crippen LogP contribution in [0.1, 0.15) is 34.5 Å². The van der Waals surface area contributed by atoms with Gasteiger partial charge in [-0.15, -0.1) is 11.3 Å². The van der Waals surface area contributed by atoms with Gasteiger partial charge < -0.3 is 10.2 Å². The normalized spacial score (nSPS) is 15.7. The number of ketones is 1. The van der Waals surface area contributed by atoms with Gasteiger partial charge in [-0.05, 0) is 60.5 Å². The molecule has 1 aliphatic heterocycles. The van der Waals surface area contributed by atoms with Gasteiger partial charge in [0, 0.05) is 24.2 Å². The maximum absolute atomic E-state index is 13.0. The Balaban J connectivity index is 1.29. The Kier molecular flexibility index (Phi) is 5.92. The van der Waals surface area contributed by atoms with Crippen LogP contribution in [0.2, 0.25) is 4.34 Å². The number of halogens is 2. The average molecular weight is 429 g/mol. The van der Waals surface area contributed by atoms with Gasteiger partial charge in [-0.3, -0.25) is 4.79 Å². The summed E-state index contributed by atoms with van der Waals surface area (Å²) in [6.45, 7) is 0. The Morgan fingerprint density at radius 1 is 1.10 bits per heavy atom. The Bertz CT molecular complexity index is 1030. The molecule has 0 amide bonds. The maximum Gasteiger partial charge on any atom is 0.172 e. The Morgan fingerprint density at radius 2 is 1.79 bits per heavy atom. The number of carbonyl (C=O) groups excluding carboxylic acids is 1. The van der Waals surface area contributed by atoms with Gasteiger partial charge in [-0.25, -0.2) is 4.39 Å². The molecule has 1 atom stereocenters. The van der Waals surface area contributed by atoms with E-state index in [-0.39, 0.29) is 17.7 Å². The molecule has 0 aliphatic carbocycles. The van der Waals surface area contributed by atoms with E-state index in [9.17, 15) is 9.18 Å². The molecular weight excluding hydrogens is 411 g/mol. The van der Waals surface area contributed by atoms with E-state index in [1.807, 2.05) is 24.3 Å². The molecule has 1 N–H and O–H groups in total. The van der Waals surface area contributed by atoms with Crippen molar-refractivity contribution >= 4 is 45.8 Å². The fourth-order valence-electron chi connectivity index (χ4n) is 3.08. The minimum absolute atomic E-state index is 0.0789. The molecule has 1 unspecified atom stereocenters. The van der Waals surface area contributed by atoms with E-state index in [1.165, 1.54) is 23.5 Å². The molecule has 0 fully saturated rings. The van der Waals surface area contributed by atoms with Crippen LogP contribution in [0, 0.1) is 5.82 Å². The van der Waals surface area contributed by atoms with Gasteiger partial charge in [0.1, 0.15) is 11.9 Å². The minimum atomic E-state index is -0.263. The van der Waals surface area contributed by atoms with E-state index in [1.54, 1.807) is 24.3 Å². The molecule has 1 aromatic heterocycles. The largest absolute Gasteiger partial charge is 0.392 e. The minimum Gasteiger partial charge on any atom is -0.392 e. The summed E-state index contributed by atoms with van der Waals surface area (Å²) < 4.78 is 13.6. The number of nitrogens with zero attached hydrogens (tertiary/aromatic N) is 1. The van der Waals surface area contributed by atoms with Crippen LogP contribution >= 0.6 is 22.9 Å². The Hall–Kier alpha value is -2.70. The van der Waals surface area contributed by atoms with Crippen molar-refractivity contribution in [1.82, 2.24) is 0 Å². The summed E-state index contributed by atoms with van der Waals surface area (Å²) in [7, 11) is 0. The number of rotatable bonds is 7. The van der Waals surface area contributed by atoms with Gasteiger partial charge >= 0.3 is 0 Å². The lowest BCUT2D eigenvalue weighted by atomic mass is 10.0. The van der Waals surface area contributed by atoms with Crippen LogP contribution in [0.4, 0.5) is 15.8 Å². The molecule has 0 saturated carbocycles. The van der Waals surface area contributed by atoms with Crippen molar-refractivity contribution < 1.29 is 14.0 Å². The number of benzene rings is 2. The summed E-state index contributed by atoms with van der Waals surface area (Å²) in [6.07, 6.45) is 1.60. The molecular formula is C22H18ClFN2O2S. The van der Waals surface area contributed by atoms with Crippen LogP contribution in [0.25, 0.3) is 0 Å². The molecule has 3 aromatic rings. The molecule has 2 heterocycles. The van der Waals surface area contributed by atoms with Crippen LogP contribution in [-0.2, 0) is 4.84 Å². The molecule has 148 valence electrons. The average Bonchev–Trinajstić information content (AvgIpc) is 3.38. The fourth-order valence-corrected chi connectivity index (χ4v) is 4.09. The number of thiophene rings is 1. The molecule has 0 saturated heterocycles. The molecule has 1 aliphatic rings. The number of anilines is 2. The second-order valence-electron chi connectivity index (χ2n) is 6.74. The summed E-state index contributed by atoms with van der Waals surface area (Å²) in [4.78, 5) is 18.4. The zero-order valence-corrected chi connectivity index (χ0v) is 17.0. The highest BCUT2D eigenvalue weighted by molar-refractivity contribution is 7.18. The van der Waals surface area contributed by atoms with E-state index in [2.05, 4.69) is 10.5 Å². The van der Waals surface area contributed by atoms with Crippen molar-refractivity contribution in [3.8, 4) is 0 Å². The molecule has 4 nitrogen and oxygen atoms in total. The summed E-state index contributed by atoms with van der Waals surface area (Å²) in [5, 5.41) is 7.41. The Morgan fingerprint density at radius 3 is 2.45 bits per heavy atom. The first-order valence-electron chi connectivity index (χ1n) is 9.21. The summed E-state index contributed by atoms with van der Waals surface area (Å²) in [5.74, 6) is -0.184. The highest BCUT2D eigenvalue weighted by atomic mass is 35.5. The number of Topliss-reactive ketones (excluding diaryl/α,β-unsaturated/α-hetero) is 1. The standard InChI is InChI=1S/C22H18ClFN2O2S/c23-22-12-11-21(29-22)20(27)10-9-18-13-19(26-28-18)14-1-5-16(6-2-14)25-17-7-3-15(24)4-8-17/h1-8,11-12,18,25H,9-10,13H2. The zero-order valence-electron chi connectivity index (χ0n) is 15.4. The molecule has 0 bridgehead atoms. The highest BCUT2D eigenvalue weighted by Crippen LogP contribution is 2.26. The van der Waals surface area contributed by atoms with Gasteiger partial charge in [0.05, 0.1) is 14.9 Å². The fraction of sp³-hybridized carbons (Fsp3) is 0.182. The number of nitrogens with one attached hydrogen (secondary N) is 1. The summed E-state index contributed by atoms with van der Waals surface area (Å²) in [5.41, 5.74) is 3.57. The molecule has 4 rings (SSSR count). The van der Waals surface area contributed by atoms with Crippen molar-refractivity contribution in [2.24, 2.45) is 5.16 Å². The summed E-state index contributed by atoms with van der Waals surface area (Å²) >= 11 is 7.19. The molecule has 2 aromatic carbocycles. The third-order valence-corrected chi connectivity index (χ3v) is 5.90. The first kappa shape index (κ1) is 19.6. The van der Waals surface area contributed by atoms with Crippen molar-refractivity contribution in [3.05, 3.63) is 81.3 Å². The van der Waals surface area contributed by atoms with Crippen molar-refractivity contribution in [2.75, 3.05) is 5.32 Å². The lowest BCUT2D eigenvalue weighted by Crippen LogP contribution is -2.11. The van der Waals surface area contributed by atoms with Crippen LogP contribution in [0.5, 0.6) is 0 Å². The number of oxime groups is 1. The molecule has 7 heteroatoms. The predicted molar refractivity (Wildman–Crippen MR) is 115 cm³/mol. The smallest absolute Gasteiger partial charge is 0.172 e. The van der Waals surface area contributed by atoms with Crippen molar-refractivity contribution in [3.63, 3.8) is 0 Å². The van der Waals surface area contributed by atoms with Gasteiger partial charge in [0.2, 0.25) is 0 Å². The summed E-state index contributed by atoms with van der Waals surface area (Å²) in [6, 6.07) is 17.5.